The van der Waals surface area contributed by atoms with E-state index in [0.29, 0.717) is 25.9 Å². The number of nitrogens with one attached hydrogen (secondary N) is 2. The summed E-state index contributed by atoms with van der Waals surface area (Å²) in [6, 6.07) is 0.0929. The monoisotopic (exact) mass is 319 g/mol. The number of nitrogens with zero attached hydrogens (tertiary/aromatic N) is 1. The normalized spacial score (nSPS) is 19.2. The molecule has 1 aliphatic heterocycles. The van der Waals surface area contributed by atoms with Crippen LogP contribution in [0.25, 0.3) is 0 Å². The van der Waals surface area contributed by atoms with E-state index in [4.69, 9.17) is 0 Å². The highest BCUT2D eigenvalue weighted by molar-refractivity contribution is 7.88. The number of piperidine rings is 1. The van der Waals surface area contributed by atoms with Crippen molar-refractivity contribution in [2.45, 2.75) is 64.5 Å². The highest BCUT2D eigenvalue weighted by Gasteiger charge is 2.25. The van der Waals surface area contributed by atoms with Crippen molar-refractivity contribution >= 4 is 16.1 Å². The third-order valence-electron chi connectivity index (χ3n) is 3.88. The van der Waals surface area contributed by atoms with E-state index in [0.717, 1.165) is 12.8 Å². The van der Waals surface area contributed by atoms with Crippen LogP contribution in [-0.4, -0.2) is 50.2 Å². The van der Waals surface area contributed by atoms with E-state index in [1.165, 1.54) is 23.4 Å². The maximum Gasteiger partial charge on any atom is 0.315 e. The predicted octanol–water partition coefficient (Wildman–Crippen LogP) is 1.68. The molecule has 124 valence electrons. The van der Waals surface area contributed by atoms with Crippen LogP contribution in [0, 0.1) is 0 Å². The molecule has 2 amide bonds. The minimum atomic E-state index is -3.10. The molecule has 1 rings (SSSR count). The van der Waals surface area contributed by atoms with E-state index in [9.17, 15) is 13.2 Å². The van der Waals surface area contributed by atoms with Crippen molar-refractivity contribution in [3.63, 3.8) is 0 Å². The fourth-order valence-electron chi connectivity index (χ4n) is 2.56. The number of rotatable bonds is 7. The first-order valence-electron chi connectivity index (χ1n) is 7.85. The number of urea groups is 1. The summed E-state index contributed by atoms with van der Waals surface area (Å²) in [5, 5.41) is 5.89. The molecule has 7 heteroatoms. The van der Waals surface area contributed by atoms with Gasteiger partial charge in [-0.05, 0) is 26.2 Å². The first-order valence-corrected chi connectivity index (χ1v) is 9.70. The molecule has 2 N–H and O–H groups in total. The minimum Gasteiger partial charge on any atom is -0.336 e. The molecule has 1 unspecified atom stereocenters. The summed E-state index contributed by atoms with van der Waals surface area (Å²) in [7, 11) is -3.10. The summed E-state index contributed by atoms with van der Waals surface area (Å²) in [6.07, 6.45) is 7.06. The van der Waals surface area contributed by atoms with Crippen LogP contribution in [0.5, 0.6) is 0 Å². The van der Waals surface area contributed by atoms with Gasteiger partial charge in [-0.2, -0.15) is 0 Å². The van der Waals surface area contributed by atoms with Crippen LogP contribution in [-0.2, 0) is 10.0 Å². The van der Waals surface area contributed by atoms with E-state index >= 15 is 0 Å². The second-order valence-electron chi connectivity index (χ2n) is 5.95. The van der Waals surface area contributed by atoms with Crippen LogP contribution in [0.4, 0.5) is 4.79 Å². The fourth-order valence-corrected chi connectivity index (χ4v) is 3.43. The molecule has 0 saturated carbocycles. The van der Waals surface area contributed by atoms with E-state index in [-0.39, 0.29) is 18.1 Å². The van der Waals surface area contributed by atoms with E-state index in [2.05, 4.69) is 17.6 Å². The smallest absolute Gasteiger partial charge is 0.315 e. The zero-order chi connectivity index (χ0) is 15.9. The van der Waals surface area contributed by atoms with Crippen molar-refractivity contribution in [2.75, 3.05) is 19.3 Å². The molecule has 0 aromatic carbocycles. The van der Waals surface area contributed by atoms with Gasteiger partial charge in [0.05, 0.1) is 6.26 Å². The number of carbonyl (C=O) groups is 1. The Morgan fingerprint density at radius 3 is 2.43 bits per heavy atom. The molecule has 1 saturated heterocycles. The Kier molecular flexibility index (Phi) is 7.45. The zero-order valence-corrected chi connectivity index (χ0v) is 14.2. The summed E-state index contributed by atoms with van der Waals surface area (Å²) in [6.45, 7) is 5.14. The Morgan fingerprint density at radius 2 is 1.90 bits per heavy atom. The molecular weight excluding hydrogens is 290 g/mol. The van der Waals surface area contributed by atoms with Gasteiger partial charge in [0, 0.05) is 25.2 Å². The SMILES string of the molecule is CCCCCC(C)NC(=O)NC1CCN(S(C)(=O)=O)CC1. The molecular formula is C14H29N3O3S. The van der Waals surface area contributed by atoms with Crippen LogP contribution in [0.2, 0.25) is 0 Å². The molecule has 0 aromatic heterocycles. The number of carbonyl (C=O) groups excluding carboxylic acids is 1. The lowest BCUT2D eigenvalue weighted by Crippen LogP contribution is -2.50. The molecule has 0 radical (unpaired) electrons. The highest BCUT2D eigenvalue weighted by Crippen LogP contribution is 2.13. The summed E-state index contributed by atoms with van der Waals surface area (Å²) >= 11 is 0. The van der Waals surface area contributed by atoms with Crippen molar-refractivity contribution in [1.82, 2.24) is 14.9 Å². The second-order valence-corrected chi connectivity index (χ2v) is 7.93. The minimum absolute atomic E-state index is 0.0610. The lowest BCUT2D eigenvalue weighted by Gasteiger charge is -2.31. The Labute approximate surface area is 128 Å². The lowest BCUT2D eigenvalue weighted by atomic mass is 10.1. The first kappa shape index (κ1) is 18.2. The van der Waals surface area contributed by atoms with Gasteiger partial charge in [0.1, 0.15) is 0 Å². The molecule has 6 nitrogen and oxygen atoms in total. The zero-order valence-electron chi connectivity index (χ0n) is 13.4. The molecule has 1 fully saturated rings. The van der Waals surface area contributed by atoms with E-state index in [1.807, 2.05) is 6.92 Å². The topological polar surface area (TPSA) is 78.5 Å². The predicted molar refractivity (Wildman–Crippen MR) is 84.7 cm³/mol. The van der Waals surface area contributed by atoms with Gasteiger partial charge >= 0.3 is 6.03 Å². The van der Waals surface area contributed by atoms with Crippen LogP contribution >= 0.6 is 0 Å². The summed E-state index contributed by atoms with van der Waals surface area (Å²) in [5.41, 5.74) is 0. The molecule has 1 heterocycles. The molecule has 1 aliphatic rings. The van der Waals surface area contributed by atoms with Gasteiger partial charge in [0.25, 0.3) is 0 Å². The molecule has 0 bridgehead atoms. The van der Waals surface area contributed by atoms with Crippen LogP contribution in [0.3, 0.4) is 0 Å². The number of hydrogen-bond acceptors (Lipinski definition) is 3. The first-order chi connectivity index (χ1) is 9.82. The Hall–Kier alpha value is -0.820. The fraction of sp³-hybridized carbons (Fsp3) is 0.929. The second kappa shape index (κ2) is 8.58. The maximum atomic E-state index is 11.9. The van der Waals surface area contributed by atoms with Gasteiger partial charge < -0.3 is 10.6 Å². The summed E-state index contributed by atoms with van der Waals surface area (Å²) in [4.78, 5) is 11.9. The standard InChI is InChI=1S/C14H29N3O3S/c1-4-5-6-7-12(2)15-14(18)16-13-8-10-17(11-9-13)21(3,19)20/h12-13H,4-11H2,1-3H3,(H2,15,16,18). The molecule has 21 heavy (non-hydrogen) atoms. The molecule has 0 aromatic rings. The van der Waals surface area contributed by atoms with Crippen LogP contribution in [0.15, 0.2) is 0 Å². The van der Waals surface area contributed by atoms with E-state index < -0.39 is 10.0 Å². The summed E-state index contributed by atoms with van der Waals surface area (Å²) < 4.78 is 24.3. The van der Waals surface area contributed by atoms with Gasteiger partial charge in [-0.3, -0.25) is 0 Å². The van der Waals surface area contributed by atoms with Gasteiger partial charge in [-0.1, -0.05) is 26.2 Å². The number of unbranched alkanes of at least 4 members (excludes halogenated alkanes) is 2. The maximum absolute atomic E-state index is 11.9. The molecule has 0 spiro atoms. The quantitative estimate of drug-likeness (QED) is 0.701. The van der Waals surface area contributed by atoms with Crippen LogP contribution in [0.1, 0.15) is 52.4 Å². The lowest BCUT2D eigenvalue weighted by molar-refractivity contribution is 0.224. The summed E-state index contributed by atoms with van der Waals surface area (Å²) in [5.74, 6) is 0. The van der Waals surface area contributed by atoms with Gasteiger partial charge in [-0.15, -0.1) is 0 Å². The molecule has 0 aliphatic carbocycles. The van der Waals surface area contributed by atoms with Crippen molar-refractivity contribution in [2.24, 2.45) is 0 Å². The average molecular weight is 319 g/mol. The average Bonchev–Trinajstić information content (AvgIpc) is 2.38. The van der Waals surface area contributed by atoms with E-state index in [1.54, 1.807) is 0 Å². The van der Waals surface area contributed by atoms with Crippen molar-refractivity contribution in [3.05, 3.63) is 0 Å². The van der Waals surface area contributed by atoms with Crippen molar-refractivity contribution in [3.8, 4) is 0 Å². The number of sulfonamides is 1. The van der Waals surface area contributed by atoms with Gasteiger partial charge in [0.15, 0.2) is 0 Å². The Bertz CT molecular complexity index is 417. The number of hydrogen-bond donors (Lipinski definition) is 2. The van der Waals surface area contributed by atoms with Crippen molar-refractivity contribution in [1.29, 1.82) is 0 Å². The Balaban J connectivity index is 2.24. The Morgan fingerprint density at radius 1 is 1.29 bits per heavy atom. The number of amides is 2. The van der Waals surface area contributed by atoms with Gasteiger partial charge in [0.2, 0.25) is 10.0 Å². The molecule has 1 atom stereocenters. The van der Waals surface area contributed by atoms with Gasteiger partial charge in [-0.25, -0.2) is 17.5 Å². The third-order valence-corrected chi connectivity index (χ3v) is 5.18. The van der Waals surface area contributed by atoms with Crippen LogP contribution < -0.4 is 10.6 Å². The largest absolute Gasteiger partial charge is 0.336 e. The highest BCUT2D eigenvalue weighted by atomic mass is 32.2. The van der Waals surface area contributed by atoms with Crippen molar-refractivity contribution < 1.29 is 13.2 Å². The third kappa shape index (κ3) is 7.13.